The first-order chi connectivity index (χ1) is 6.24. The number of likely N-dealkylation sites (N-methyl/N-ethyl adjacent to an activating group) is 1. The molecule has 0 fully saturated rings. The number of nitrogens with zero attached hydrogens (tertiary/aromatic N) is 1. The summed E-state index contributed by atoms with van der Waals surface area (Å²) >= 11 is 1.90. The Hall–Kier alpha value is 0.270. The Morgan fingerprint density at radius 1 is 1.31 bits per heavy atom. The number of nitrogens with one attached hydrogen (secondary N) is 1. The summed E-state index contributed by atoms with van der Waals surface area (Å²) in [6, 6.07) is 0.644. The first-order valence-electron chi connectivity index (χ1n) is 5.19. The fourth-order valence-corrected chi connectivity index (χ4v) is 1.94. The Morgan fingerprint density at radius 2 is 1.92 bits per heavy atom. The molecule has 0 bridgehead atoms. The number of thioether (sulfide) groups is 1. The second-order valence-electron chi connectivity index (χ2n) is 3.34. The minimum Gasteiger partial charge on any atom is -0.312 e. The molecule has 0 radical (unpaired) electrons. The maximum atomic E-state index is 3.52. The van der Waals surface area contributed by atoms with Gasteiger partial charge in [0.1, 0.15) is 0 Å². The van der Waals surface area contributed by atoms with Crippen molar-refractivity contribution in [3.8, 4) is 0 Å². The Morgan fingerprint density at radius 3 is 2.38 bits per heavy atom. The van der Waals surface area contributed by atoms with E-state index in [9.17, 15) is 0 Å². The van der Waals surface area contributed by atoms with Crippen molar-refractivity contribution >= 4 is 11.8 Å². The molecule has 0 saturated carbocycles. The van der Waals surface area contributed by atoms with Crippen molar-refractivity contribution in [2.24, 2.45) is 0 Å². The third-order valence-corrected chi connectivity index (χ3v) is 3.07. The van der Waals surface area contributed by atoms with E-state index in [0.717, 1.165) is 19.6 Å². The summed E-state index contributed by atoms with van der Waals surface area (Å²) in [7, 11) is 0. The van der Waals surface area contributed by atoms with Crippen molar-refractivity contribution in [1.82, 2.24) is 10.2 Å². The summed E-state index contributed by atoms with van der Waals surface area (Å²) in [5.74, 6) is 1.21. The first kappa shape index (κ1) is 13.3. The highest BCUT2D eigenvalue weighted by molar-refractivity contribution is 7.98. The van der Waals surface area contributed by atoms with E-state index >= 15 is 0 Å². The molecule has 0 spiro atoms. The van der Waals surface area contributed by atoms with E-state index in [1.807, 2.05) is 11.8 Å². The van der Waals surface area contributed by atoms with Gasteiger partial charge < -0.3 is 10.2 Å². The van der Waals surface area contributed by atoms with Crippen LogP contribution in [0, 0.1) is 0 Å². The lowest BCUT2D eigenvalue weighted by Gasteiger charge is -2.20. The van der Waals surface area contributed by atoms with Crippen LogP contribution >= 0.6 is 11.8 Å². The smallest absolute Gasteiger partial charge is 0.0130 e. The maximum Gasteiger partial charge on any atom is 0.0130 e. The van der Waals surface area contributed by atoms with Crippen LogP contribution in [-0.2, 0) is 0 Å². The van der Waals surface area contributed by atoms with Crippen LogP contribution in [0.5, 0.6) is 0 Å². The minimum atomic E-state index is 0.644. The average Bonchev–Trinajstić information content (AvgIpc) is 2.13. The highest BCUT2D eigenvalue weighted by atomic mass is 32.2. The predicted octanol–water partition coefficient (Wildman–Crippen LogP) is 1.67. The summed E-state index contributed by atoms with van der Waals surface area (Å²) in [4.78, 5) is 2.44. The van der Waals surface area contributed by atoms with Crippen molar-refractivity contribution in [1.29, 1.82) is 0 Å². The fourth-order valence-electron chi connectivity index (χ4n) is 1.32. The Balaban J connectivity index is 3.32. The lowest BCUT2D eigenvalue weighted by atomic mass is 10.4. The van der Waals surface area contributed by atoms with Crippen LogP contribution in [0.1, 0.15) is 20.8 Å². The van der Waals surface area contributed by atoms with Crippen LogP contribution < -0.4 is 5.32 Å². The van der Waals surface area contributed by atoms with Gasteiger partial charge in [-0.2, -0.15) is 11.8 Å². The lowest BCUT2D eigenvalue weighted by molar-refractivity contribution is 0.299. The molecule has 0 amide bonds. The molecule has 0 saturated heterocycles. The molecule has 0 rings (SSSR count). The topological polar surface area (TPSA) is 15.3 Å². The molecule has 1 N–H and O–H groups in total. The number of hydrogen-bond donors (Lipinski definition) is 1. The molecule has 1 unspecified atom stereocenters. The minimum absolute atomic E-state index is 0.644. The summed E-state index contributed by atoms with van der Waals surface area (Å²) in [5.41, 5.74) is 0. The van der Waals surface area contributed by atoms with Crippen molar-refractivity contribution < 1.29 is 0 Å². The maximum absolute atomic E-state index is 3.52. The van der Waals surface area contributed by atoms with Gasteiger partial charge in [-0.15, -0.1) is 0 Å². The van der Waals surface area contributed by atoms with E-state index in [1.54, 1.807) is 0 Å². The molecule has 13 heavy (non-hydrogen) atoms. The normalized spacial score (nSPS) is 13.6. The molecular weight excluding hydrogens is 180 g/mol. The van der Waals surface area contributed by atoms with Gasteiger partial charge in [-0.3, -0.25) is 0 Å². The molecule has 3 heteroatoms. The van der Waals surface area contributed by atoms with E-state index in [-0.39, 0.29) is 0 Å². The van der Waals surface area contributed by atoms with E-state index in [1.165, 1.54) is 12.3 Å². The summed E-state index contributed by atoms with van der Waals surface area (Å²) in [5, 5.41) is 3.52. The van der Waals surface area contributed by atoms with E-state index in [0.29, 0.717) is 6.04 Å². The van der Waals surface area contributed by atoms with Crippen molar-refractivity contribution in [3.05, 3.63) is 0 Å². The van der Waals surface area contributed by atoms with Gasteiger partial charge in [0.15, 0.2) is 0 Å². The summed E-state index contributed by atoms with van der Waals surface area (Å²) < 4.78 is 0. The molecule has 0 aromatic carbocycles. The van der Waals surface area contributed by atoms with Gasteiger partial charge in [0.05, 0.1) is 0 Å². The van der Waals surface area contributed by atoms with Gasteiger partial charge in [-0.05, 0) is 26.3 Å². The van der Waals surface area contributed by atoms with Gasteiger partial charge >= 0.3 is 0 Å². The standard InChI is InChI=1S/C10H24N2S/c1-5-12(6-2)8-7-11-10(3)9-13-4/h10-11H,5-9H2,1-4H3. The monoisotopic (exact) mass is 204 g/mol. The zero-order valence-electron chi connectivity index (χ0n) is 9.47. The van der Waals surface area contributed by atoms with Crippen molar-refractivity contribution in [2.75, 3.05) is 38.2 Å². The largest absolute Gasteiger partial charge is 0.312 e. The Bertz CT molecular complexity index is 105. The molecule has 80 valence electrons. The zero-order valence-corrected chi connectivity index (χ0v) is 10.3. The van der Waals surface area contributed by atoms with E-state index in [2.05, 4.69) is 37.2 Å². The number of rotatable bonds is 8. The van der Waals surface area contributed by atoms with Crippen molar-refractivity contribution in [3.63, 3.8) is 0 Å². The molecule has 0 aliphatic carbocycles. The van der Waals surface area contributed by atoms with Gasteiger partial charge in [-0.1, -0.05) is 13.8 Å². The van der Waals surface area contributed by atoms with E-state index < -0.39 is 0 Å². The molecule has 0 aliphatic rings. The first-order valence-corrected chi connectivity index (χ1v) is 6.58. The molecular formula is C10H24N2S. The number of hydrogen-bond acceptors (Lipinski definition) is 3. The quantitative estimate of drug-likeness (QED) is 0.647. The van der Waals surface area contributed by atoms with E-state index in [4.69, 9.17) is 0 Å². The van der Waals surface area contributed by atoms with Crippen molar-refractivity contribution in [2.45, 2.75) is 26.8 Å². The molecule has 1 atom stereocenters. The third-order valence-electron chi connectivity index (χ3n) is 2.23. The van der Waals surface area contributed by atoms with Gasteiger partial charge in [-0.25, -0.2) is 0 Å². The predicted molar refractivity (Wildman–Crippen MR) is 63.6 cm³/mol. The van der Waals surface area contributed by atoms with Gasteiger partial charge in [0.25, 0.3) is 0 Å². The third kappa shape index (κ3) is 7.35. The molecule has 0 aromatic rings. The Labute approximate surface area is 87.5 Å². The molecule has 0 heterocycles. The second kappa shape index (κ2) is 8.85. The summed E-state index contributed by atoms with van der Waals surface area (Å²) in [6.45, 7) is 11.3. The Kier molecular flexibility index (Phi) is 9.03. The van der Waals surface area contributed by atoms with Gasteiger partial charge in [0.2, 0.25) is 0 Å². The average molecular weight is 204 g/mol. The highest BCUT2D eigenvalue weighted by Crippen LogP contribution is 1.95. The SMILES string of the molecule is CCN(CC)CCNC(C)CSC. The van der Waals surface area contributed by atoms with Crippen LogP contribution in [0.15, 0.2) is 0 Å². The van der Waals surface area contributed by atoms with Crippen LogP contribution in [0.25, 0.3) is 0 Å². The molecule has 0 aliphatic heterocycles. The van der Waals surface area contributed by atoms with Crippen LogP contribution in [0.3, 0.4) is 0 Å². The second-order valence-corrected chi connectivity index (χ2v) is 4.25. The van der Waals surface area contributed by atoms with Gasteiger partial charge in [0, 0.05) is 24.9 Å². The zero-order chi connectivity index (χ0) is 10.1. The summed E-state index contributed by atoms with van der Waals surface area (Å²) in [6.07, 6.45) is 2.16. The molecule has 0 aromatic heterocycles. The van der Waals surface area contributed by atoms with Crippen LogP contribution in [0.4, 0.5) is 0 Å². The van der Waals surface area contributed by atoms with Crippen LogP contribution in [0.2, 0.25) is 0 Å². The fraction of sp³-hybridized carbons (Fsp3) is 1.00. The lowest BCUT2D eigenvalue weighted by Crippen LogP contribution is -2.36. The highest BCUT2D eigenvalue weighted by Gasteiger charge is 2.01. The molecule has 2 nitrogen and oxygen atoms in total. The van der Waals surface area contributed by atoms with Crippen LogP contribution in [-0.4, -0.2) is 49.1 Å².